The number of rotatable bonds is 3. The molecule has 232 valence electrons. The highest BCUT2D eigenvalue weighted by Gasteiger charge is 2.53. The van der Waals surface area contributed by atoms with Crippen molar-refractivity contribution in [3.8, 4) is 22.9 Å². The predicted octanol–water partition coefficient (Wildman–Crippen LogP) is 10.2. The van der Waals surface area contributed by atoms with Crippen LogP contribution in [-0.2, 0) is 10.2 Å². The number of benzene rings is 4. The molecule has 0 saturated carbocycles. The molecule has 2 aliphatic carbocycles. The Morgan fingerprint density at radius 1 is 0.898 bits per heavy atom. The number of nitrogens with zero attached hydrogens (tertiary/aromatic N) is 3. The molecule has 5 aromatic carbocycles. The summed E-state index contributed by atoms with van der Waals surface area (Å²) < 4.78 is 8.72. The molecule has 0 radical (unpaired) electrons. The van der Waals surface area contributed by atoms with E-state index in [0.717, 1.165) is 62.9 Å². The molecule has 0 N–H and O–H groups in total. The lowest BCUT2D eigenvalue weighted by atomic mass is 9.65. The topological polar surface area (TPSA) is 41.2 Å². The maximum Gasteiger partial charge on any atom is 0.124 e. The summed E-state index contributed by atoms with van der Waals surface area (Å²) >= 11 is 0. The Balaban J connectivity index is 1.16. The highest BCUT2D eigenvalue weighted by atomic mass is 16.5. The minimum Gasteiger partial charge on any atom is -0.489 e. The summed E-state index contributed by atoms with van der Waals surface area (Å²) in [6.45, 7) is 3.04. The normalized spacial score (nSPS) is 20.4. The number of anilines is 2. The molecule has 0 bridgehead atoms. The standard InChI is InChI=1S/C45H31N3O/c1-45-37-17-6-9-20-41(37)47(43(45)24-23-42-44(45)33-14-3-2-11-31(33)28-49-42)32-13-10-12-30(26-32)36-25-29(27-46)21-22-40(36)48-38-18-7-4-15-34(38)35-16-5-8-19-39(35)48/h2,4,6-13,15,17-26,43H,3,14,28H2,1H3/t43?,45-/m1/s1. The van der Waals surface area contributed by atoms with Gasteiger partial charge in [0.25, 0.3) is 0 Å². The molecule has 4 nitrogen and oxygen atoms in total. The summed E-state index contributed by atoms with van der Waals surface area (Å²) in [6.07, 6.45) is 11.2. The average Bonchev–Trinajstić information content (AvgIpc) is 3.64. The summed E-state index contributed by atoms with van der Waals surface area (Å²) in [5, 5.41) is 12.2. The number of hydrogen-bond acceptors (Lipinski definition) is 3. The van der Waals surface area contributed by atoms with Crippen LogP contribution in [0.4, 0.5) is 11.4 Å². The van der Waals surface area contributed by atoms with Crippen molar-refractivity contribution in [2.75, 3.05) is 11.5 Å². The number of aromatic nitrogens is 1. The van der Waals surface area contributed by atoms with E-state index in [2.05, 4.69) is 144 Å². The van der Waals surface area contributed by atoms with Gasteiger partial charge in [0.1, 0.15) is 12.4 Å². The van der Waals surface area contributed by atoms with Gasteiger partial charge in [0.05, 0.1) is 39.8 Å². The summed E-state index contributed by atoms with van der Waals surface area (Å²) in [5.74, 6) is 1.01. The number of nitriles is 1. The van der Waals surface area contributed by atoms with Crippen LogP contribution in [0, 0.1) is 23.5 Å². The van der Waals surface area contributed by atoms with Crippen LogP contribution in [0.25, 0.3) is 38.6 Å². The van der Waals surface area contributed by atoms with Crippen LogP contribution in [-0.4, -0.2) is 17.2 Å². The molecule has 4 aliphatic rings. The lowest BCUT2D eigenvalue weighted by Gasteiger charge is -2.43. The third kappa shape index (κ3) is 3.86. The van der Waals surface area contributed by atoms with Crippen LogP contribution in [0.2, 0.25) is 0 Å². The molecule has 10 rings (SSSR count). The number of ether oxygens (including phenoxy) is 1. The van der Waals surface area contributed by atoms with Crippen LogP contribution >= 0.6 is 0 Å². The van der Waals surface area contributed by atoms with E-state index in [9.17, 15) is 5.26 Å². The Morgan fingerprint density at radius 3 is 2.73 bits per heavy atom. The molecule has 1 aromatic heterocycles. The van der Waals surface area contributed by atoms with Gasteiger partial charge in [-0.25, -0.2) is 0 Å². The summed E-state index contributed by atoms with van der Waals surface area (Å²) in [4.78, 5) is 2.51. The predicted molar refractivity (Wildman–Crippen MR) is 196 cm³/mol. The molecule has 4 heteroatoms. The fraction of sp³-hybridized carbons (Fsp3) is 0.133. The van der Waals surface area contributed by atoms with Crippen molar-refractivity contribution in [2.45, 2.75) is 31.2 Å². The molecule has 0 fully saturated rings. The van der Waals surface area contributed by atoms with Gasteiger partial charge < -0.3 is 14.2 Å². The van der Waals surface area contributed by atoms with E-state index in [4.69, 9.17) is 4.74 Å². The first-order valence-corrected chi connectivity index (χ1v) is 16.9. The van der Waals surface area contributed by atoms with Crippen molar-refractivity contribution in [1.29, 1.82) is 5.26 Å². The number of hydrogen-bond donors (Lipinski definition) is 0. The second-order valence-corrected chi connectivity index (χ2v) is 13.5. The Bertz CT molecular complexity index is 2500. The number of para-hydroxylation sites is 2. The van der Waals surface area contributed by atoms with Crippen molar-refractivity contribution in [3.05, 3.63) is 173 Å². The van der Waals surface area contributed by atoms with Gasteiger partial charge in [-0.2, -0.15) is 5.26 Å². The van der Waals surface area contributed by atoms with E-state index in [0.29, 0.717) is 12.2 Å². The third-order valence-corrected chi connectivity index (χ3v) is 11.0. The summed E-state index contributed by atoms with van der Waals surface area (Å²) in [6, 6.07) is 45.1. The van der Waals surface area contributed by atoms with Gasteiger partial charge >= 0.3 is 0 Å². The first-order chi connectivity index (χ1) is 24.1. The highest BCUT2D eigenvalue weighted by Crippen LogP contribution is 2.58. The van der Waals surface area contributed by atoms with Gasteiger partial charge in [0.2, 0.25) is 0 Å². The average molecular weight is 630 g/mol. The third-order valence-electron chi connectivity index (χ3n) is 11.0. The summed E-state index contributed by atoms with van der Waals surface area (Å²) in [7, 11) is 0. The molecule has 3 heterocycles. The molecule has 0 saturated heterocycles. The maximum atomic E-state index is 10.0. The Kier molecular flexibility index (Phi) is 5.90. The number of fused-ring (bicyclic) bond motifs is 8. The van der Waals surface area contributed by atoms with Gasteiger partial charge in [-0.05, 0) is 103 Å². The van der Waals surface area contributed by atoms with Gasteiger partial charge in [0.15, 0.2) is 0 Å². The van der Waals surface area contributed by atoms with Gasteiger partial charge in [0, 0.05) is 33.3 Å². The minimum atomic E-state index is -0.286. The van der Waals surface area contributed by atoms with E-state index < -0.39 is 0 Å². The van der Waals surface area contributed by atoms with Gasteiger partial charge in [-0.15, -0.1) is 0 Å². The first-order valence-electron chi connectivity index (χ1n) is 16.9. The molecular weight excluding hydrogens is 599 g/mol. The monoisotopic (exact) mass is 629 g/mol. The van der Waals surface area contributed by atoms with Crippen molar-refractivity contribution < 1.29 is 4.74 Å². The highest BCUT2D eigenvalue weighted by molar-refractivity contribution is 6.09. The zero-order valence-electron chi connectivity index (χ0n) is 27.1. The van der Waals surface area contributed by atoms with E-state index >= 15 is 0 Å². The van der Waals surface area contributed by atoms with Crippen LogP contribution < -0.4 is 4.90 Å². The molecule has 1 unspecified atom stereocenters. The molecule has 2 atom stereocenters. The zero-order valence-corrected chi connectivity index (χ0v) is 27.1. The smallest absolute Gasteiger partial charge is 0.124 e. The Hall–Kier alpha value is -6.23. The minimum absolute atomic E-state index is 0.0642. The van der Waals surface area contributed by atoms with Gasteiger partial charge in [-0.3, -0.25) is 0 Å². The first kappa shape index (κ1) is 27.8. The second-order valence-electron chi connectivity index (χ2n) is 13.5. The molecule has 6 aromatic rings. The largest absolute Gasteiger partial charge is 0.489 e. The van der Waals surface area contributed by atoms with Gasteiger partial charge in [-0.1, -0.05) is 78.9 Å². The number of allylic oxidation sites excluding steroid dienone is 3. The Labute approximate surface area is 285 Å². The molecule has 49 heavy (non-hydrogen) atoms. The molecule has 0 spiro atoms. The van der Waals surface area contributed by atoms with Crippen molar-refractivity contribution in [2.24, 2.45) is 0 Å². The maximum absolute atomic E-state index is 10.0. The second kappa shape index (κ2) is 10.4. The molecular formula is C45H31N3O. The van der Waals surface area contributed by atoms with E-state index in [1.807, 2.05) is 18.2 Å². The van der Waals surface area contributed by atoms with Crippen LogP contribution in [0.1, 0.15) is 30.9 Å². The van der Waals surface area contributed by atoms with E-state index in [1.165, 1.54) is 28.0 Å². The zero-order chi connectivity index (χ0) is 32.7. The molecule has 0 amide bonds. The van der Waals surface area contributed by atoms with Crippen LogP contribution in [0.15, 0.2) is 150 Å². The lowest BCUT2D eigenvalue weighted by Crippen LogP contribution is -2.44. The fourth-order valence-electron chi connectivity index (χ4n) is 8.84. The van der Waals surface area contributed by atoms with Crippen LogP contribution in [0.3, 0.4) is 0 Å². The van der Waals surface area contributed by atoms with Crippen LogP contribution in [0.5, 0.6) is 0 Å². The molecule has 2 aliphatic heterocycles. The SMILES string of the molecule is C[C@]12C3=C(C=CC1N(c1cccc(-c4cc(C#N)ccc4-n4c5ccc#cc5c5ccccc54)c1)c1ccccc12)OCC1=C3CCC=C1. The van der Waals surface area contributed by atoms with E-state index in [1.54, 1.807) is 0 Å². The quantitative estimate of drug-likeness (QED) is 0.196. The fourth-order valence-corrected chi connectivity index (χ4v) is 8.84. The summed E-state index contributed by atoms with van der Waals surface area (Å²) in [5.41, 5.74) is 13.3. The van der Waals surface area contributed by atoms with Crippen molar-refractivity contribution >= 4 is 33.2 Å². The van der Waals surface area contributed by atoms with E-state index in [-0.39, 0.29) is 11.5 Å². The van der Waals surface area contributed by atoms with Crippen molar-refractivity contribution in [3.63, 3.8) is 0 Å². The van der Waals surface area contributed by atoms with Crippen molar-refractivity contribution in [1.82, 2.24) is 4.57 Å². The Morgan fingerprint density at radius 2 is 1.80 bits per heavy atom. The lowest BCUT2D eigenvalue weighted by molar-refractivity contribution is 0.232.